The first-order valence-corrected chi connectivity index (χ1v) is 5.89. The Morgan fingerprint density at radius 3 is 2.47 bits per heavy atom. The molecule has 1 aromatic rings. The summed E-state index contributed by atoms with van der Waals surface area (Å²) in [5.74, 6) is 1.03. The molecule has 0 unspecified atom stereocenters. The van der Waals surface area contributed by atoms with Crippen LogP contribution in [0.3, 0.4) is 0 Å². The van der Waals surface area contributed by atoms with E-state index in [2.05, 4.69) is 25.9 Å². The van der Waals surface area contributed by atoms with Gasteiger partial charge in [0.05, 0.1) is 5.69 Å². The molecule has 0 aliphatic heterocycles. The maximum absolute atomic E-state index is 5.16. The molecule has 0 atom stereocenters. The molecule has 0 saturated heterocycles. The van der Waals surface area contributed by atoms with Crippen LogP contribution in [0, 0.1) is 12.3 Å². The van der Waals surface area contributed by atoms with E-state index in [1.54, 1.807) is 0 Å². The van der Waals surface area contributed by atoms with Crippen molar-refractivity contribution in [1.29, 1.82) is 0 Å². The standard InChI is InChI=1S/C13H23NO/c1-11-10-12(15-14-11)8-6-5-7-9-13(2,3)4/h10H,5-9H2,1-4H3. The van der Waals surface area contributed by atoms with Crippen molar-refractivity contribution < 1.29 is 4.52 Å². The molecule has 15 heavy (non-hydrogen) atoms. The van der Waals surface area contributed by atoms with E-state index < -0.39 is 0 Å². The van der Waals surface area contributed by atoms with Crippen LogP contribution >= 0.6 is 0 Å². The van der Waals surface area contributed by atoms with Crippen LogP contribution in [0.25, 0.3) is 0 Å². The molecule has 0 amide bonds. The van der Waals surface area contributed by atoms with Crippen LogP contribution in [0.1, 0.15) is 57.9 Å². The Bertz CT molecular complexity index is 283. The second-order valence-corrected chi connectivity index (χ2v) is 5.56. The smallest absolute Gasteiger partial charge is 0.136 e. The van der Waals surface area contributed by atoms with Gasteiger partial charge in [0.1, 0.15) is 5.76 Å². The van der Waals surface area contributed by atoms with E-state index in [0.29, 0.717) is 5.41 Å². The molecule has 0 aliphatic carbocycles. The number of hydrogen-bond donors (Lipinski definition) is 0. The van der Waals surface area contributed by atoms with E-state index in [1.807, 2.05) is 13.0 Å². The van der Waals surface area contributed by atoms with E-state index in [4.69, 9.17) is 4.52 Å². The Hall–Kier alpha value is -0.790. The van der Waals surface area contributed by atoms with Gasteiger partial charge in [-0.25, -0.2) is 0 Å². The summed E-state index contributed by atoms with van der Waals surface area (Å²) >= 11 is 0. The predicted molar refractivity (Wildman–Crippen MR) is 62.9 cm³/mol. The minimum Gasteiger partial charge on any atom is -0.361 e. The molecule has 0 spiro atoms. The molecule has 0 aromatic carbocycles. The van der Waals surface area contributed by atoms with Crippen LogP contribution in [0.2, 0.25) is 0 Å². The number of hydrogen-bond acceptors (Lipinski definition) is 2. The Balaban J connectivity index is 2.07. The Morgan fingerprint density at radius 2 is 1.93 bits per heavy atom. The highest BCUT2D eigenvalue weighted by Crippen LogP contribution is 2.22. The number of aromatic nitrogens is 1. The summed E-state index contributed by atoms with van der Waals surface area (Å²) in [5, 5.41) is 3.88. The topological polar surface area (TPSA) is 26.0 Å². The van der Waals surface area contributed by atoms with E-state index in [9.17, 15) is 0 Å². The van der Waals surface area contributed by atoms with Crippen molar-refractivity contribution in [2.45, 2.75) is 59.8 Å². The fourth-order valence-corrected chi connectivity index (χ4v) is 1.67. The van der Waals surface area contributed by atoms with Crippen LogP contribution in [0.5, 0.6) is 0 Å². The number of aryl methyl sites for hydroxylation is 2. The maximum atomic E-state index is 5.16. The molecule has 1 rings (SSSR count). The summed E-state index contributed by atoms with van der Waals surface area (Å²) in [6, 6.07) is 2.03. The van der Waals surface area contributed by atoms with Crippen molar-refractivity contribution in [1.82, 2.24) is 5.16 Å². The SMILES string of the molecule is Cc1cc(CCCCCC(C)(C)C)on1. The third-order valence-electron chi connectivity index (χ3n) is 2.53. The van der Waals surface area contributed by atoms with Gasteiger partial charge in [0, 0.05) is 12.5 Å². The predicted octanol–water partition coefficient (Wildman–Crippen LogP) is 4.13. The van der Waals surface area contributed by atoms with E-state index in [-0.39, 0.29) is 0 Å². The molecule has 0 radical (unpaired) electrons. The average molecular weight is 209 g/mol. The van der Waals surface area contributed by atoms with Crippen molar-refractivity contribution in [3.8, 4) is 0 Å². The van der Waals surface area contributed by atoms with Gasteiger partial charge in [-0.3, -0.25) is 0 Å². The van der Waals surface area contributed by atoms with E-state index in [0.717, 1.165) is 17.9 Å². The van der Waals surface area contributed by atoms with Gasteiger partial charge in [0.15, 0.2) is 0 Å². The van der Waals surface area contributed by atoms with Gasteiger partial charge in [-0.1, -0.05) is 38.8 Å². The molecule has 0 N–H and O–H groups in total. The van der Waals surface area contributed by atoms with Crippen LogP contribution < -0.4 is 0 Å². The second kappa shape index (κ2) is 5.34. The first kappa shape index (κ1) is 12.3. The van der Waals surface area contributed by atoms with Gasteiger partial charge in [-0.15, -0.1) is 0 Å². The molecule has 86 valence electrons. The highest BCUT2D eigenvalue weighted by molar-refractivity contribution is 5.02. The van der Waals surface area contributed by atoms with Gasteiger partial charge in [0.2, 0.25) is 0 Å². The van der Waals surface area contributed by atoms with Gasteiger partial charge in [-0.05, 0) is 25.2 Å². The monoisotopic (exact) mass is 209 g/mol. The zero-order valence-electron chi connectivity index (χ0n) is 10.5. The van der Waals surface area contributed by atoms with Crippen molar-refractivity contribution >= 4 is 0 Å². The van der Waals surface area contributed by atoms with Crippen LogP contribution in [-0.4, -0.2) is 5.16 Å². The highest BCUT2D eigenvalue weighted by atomic mass is 16.5. The molecule has 0 aliphatic rings. The quantitative estimate of drug-likeness (QED) is 0.681. The molecule has 2 heteroatoms. The number of unbranched alkanes of at least 4 members (excludes halogenated alkanes) is 2. The van der Waals surface area contributed by atoms with Gasteiger partial charge < -0.3 is 4.52 Å². The number of rotatable bonds is 5. The molecule has 0 saturated carbocycles. The lowest BCUT2D eigenvalue weighted by molar-refractivity contribution is 0.350. The van der Waals surface area contributed by atoms with Crippen molar-refractivity contribution in [3.05, 3.63) is 17.5 Å². The van der Waals surface area contributed by atoms with Crippen LogP contribution in [-0.2, 0) is 6.42 Å². The molecule has 0 fully saturated rings. The summed E-state index contributed by atoms with van der Waals surface area (Å²) in [6.07, 6.45) is 6.16. The average Bonchev–Trinajstić information content (AvgIpc) is 2.49. The number of nitrogens with zero attached hydrogens (tertiary/aromatic N) is 1. The lowest BCUT2D eigenvalue weighted by Gasteiger charge is -2.17. The third-order valence-corrected chi connectivity index (χ3v) is 2.53. The van der Waals surface area contributed by atoms with Gasteiger partial charge >= 0.3 is 0 Å². The summed E-state index contributed by atoms with van der Waals surface area (Å²) in [6.45, 7) is 8.86. The Kier molecular flexibility index (Phi) is 4.37. The van der Waals surface area contributed by atoms with Crippen molar-refractivity contribution in [2.75, 3.05) is 0 Å². The molecule has 2 nitrogen and oxygen atoms in total. The Morgan fingerprint density at radius 1 is 1.20 bits per heavy atom. The zero-order valence-corrected chi connectivity index (χ0v) is 10.5. The van der Waals surface area contributed by atoms with Crippen LogP contribution in [0.4, 0.5) is 0 Å². The summed E-state index contributed by atoms with van der Waals surface area (Å²) in [7, 11) is 0. The molecular formula is C13H23NO. The lowest BCUT2D eigenvalue weighted by atomic mass is 9.89. The minimum absolute atomic E-state index is 0.475. The van der Waals surface area contributed by atoms with E-state index in [1.165, 1.54) is 25.7 Å². The fraction of sp³-hybridized carbons (Fsp3) is 0.769. The Labute approximate surface area is 93.0 Å². The van der Waals surface area contributed by atoms with Crippen molar-refractivity contribution in [3.63, 3.8) is 0 Å². The second-order valence-electron chi connectivity index (χ2n) is 5.56. The van der Waals surface area contributed by atoms with Gasteiger partial charge in [0.25, 0.3) is 0 Å². The van der Waals surface area contributed by atoms with E-state index >= 15 is 0 Å². The minimum atomic E-state index is 0.475. The largest absolute Gasteiger partial charge is 0.361 e. The van der Waals surface area contributed by atoms with Crippen LogP contribution in [0.15, 0.2) is 10.6 Å². The first-order chi connectivity index (χ1) is 6.97. The highest BCUT2D eigenvalue weighted by Gasteiger charge is 2.09. The fourth-order valence-electron chi connectivity index (χ4n) is 1.67. The van der Waals surface area contributed by atoms with Gasteiger partial charge in [-0.2, -0.15) is 0 Å². The zero-order chi connectivity index (χ0) is 11.3. The molecule has 1 aromatic heterocycles. The third kappa shape index (κ3) is 5.60. The molecule has 0 bridgehead atoms. The molecule has 1 heterocycles. The maximum Gasteiger partial charge on any atom is 0.136 e. The normalized spacial score (nSPS) is 12.0. The summed E-state index contributed by atoms with van der Waals surface area (Å²) < 4.78 is 5.16. The van der Waals surface area contributed by atoms with Crippen molar-refractivity contribution in [2.24, 2.45) is 5.41 Å². The first-order valence-electron chi connectivity index (χ1n) is 5.89. The lowest BCUT2D eigenvalue weighted by Crippen LogP contribution is -2.03. The molecular weight excluding hydrogens is 186 g/mol. The summed E-state index contributed by atoms with van der Waals surface area (Å²) in [4.78, 5) is 0. The summed E-state index contributed by atoms with van der Waals surface area (Å²) in [5.41, 5.74) is 1.46.